The molecule has 2 aromatic carbocycles. The van der Waals surface area contributed by atoms with Gasteiger partial charge in [-0.1, -0.05) is 30.8 Å². The van der Waals surface area contributed by atoms with Crippen LogP contribution in [0.25, 0.3) is 22.2 Å². The highest BCUT2D eigenvalue weighted by Gasteiger charge is 2.49. The van der Waals surface area contributed by atoms with Crippen molar-refractivity contribution >= 4 is 22.6 Å². The molecule has 1 spiro atoms. The number of fused-ring (bicyclic) bond motifs is 1. The number of anilines is 1. The molecular formula is C31H31N7O3. The molecule has 0 unspecified atom stereocenters. The Kier molecular flexibility index (Phi) is 6.58. The molecule has 2 fully saturated rings. The summed E-state index contributed by atoms with van der Waals surface area (Å²) in [5.74, 6) is 1.23. The molecule has 6 rings (SSSR count). The van der Waals surface area contributed by atoms with Crippen LogP contribution in [0.5, 0.6) is 11.8 Å². The fraction of sp³-hybridized carbons (Fsp3) is 0.323. The highest BCUT2D eigenvalue weighted by molar-refractivity contribution is 5.97. The Morgan fingerprint density at radius 2 is 2.05 bits per heavy atom. The molecule has 0 aliphatic carbocycles. The van der Waals surface area contributed by atoms with Gasteiger partial charge in [-0.05, 0) is 42.7 Å². The summed E-state index contributed by atoms with van der Waals surface area (Å²) in [7, 11) is 3.51. The van der Waals surface area contributed by atoms with E-state index in [0.717, 1.165) is 39.8 Å². The van der Waals surface area contributed by atoms with Crippen LogP contribution in [-0.2, 0) is 18.4 Å². The Labute approximate surface area is 238 Å². The first-order valence-electron chi connectivity index (χ1n) is 13.5. The van der Waals surface area contributed by atoms with E-state index in [0.29, 0.717) is 43.3 Å². The van der Waals surface area contributed by atoms with Gasteiger partial charge in [-0.25, -0.2) is 0 Å². The Bertz CT molecular complexity index is 1710. The van der Waals surface area contributed by atoms with Crippen molar-refractivity contribution in [2.75, 3.05) is 38.2 Å². The highest BCUT2D eigenvalue weighted by Crippen LogP contribution is 2.43. The zero-order valence-corrected chi connectivity index (χ0v) is 23.4. The standard InChI is InChI=1S/C31H31N7O3/c1-5-25(39)38-18-31(19-38)11-12-37(17-31)29-24(14-32)27(26-20(2)9-10-22-15-33-36(3)28(22)26)34-30(35-29)41-16-21-7-6-8-23(13-21)40-4/h5-10,13,15H,1,11-12,16-19H2,2-4H3. The first-order chi connectivity index (χ1) is 19.8. The molecule has 10 nitrogen and oxygen atoms in total. The van der Waals surface area contributed by atoms with Crippen molar-refractivity contribution in [2.24, 2.45) is 12.5 Å². The monoisotopic (exact) mass is 549 g/mol. The Morgan fingerprint density at radius 3 is 2.80 bits per heavy atom. The van der Waals surface area contributed by atoms with E-state index in [1.165, 1.54) is 6.08 Å². The average Bonchev–Trinajstić information content (AvgIpc) is 3.59. The summed E-state index contributed by atoms with van der Waals surface area (Å²) < 4.78 is 13.3. The Hall–Kier alpha value is -4.91. The van der Waals surface area contributed by atoms with Crippen LogP contribution in [0.2, 0.25) is 0 Å². The van der Waals surface area contributed by atoms with Crippen LogP contribution in [0.15, 0.2) is 55.3 Å². The first-order valence-corrected chi connectivity index (χ1v) is 13.5. The van der Waals surface area contributed by atoms with Crippen molar-refractivity contribution < 1.29 is 14.3 Å². The van der Waals surface area contributed by atoms with Crippen LogP contribution in [0.4, 0.5) is 5.82 Å². The average molecular weight is 550 g/mol. The third-order valence-corrected chi connectivity index (χ3v) is 8.11. The summed E-state index contributed by atoms with van der Waals surface area (Å²) in [6.07, 6.45) is 4.07. The number of aryl methyl sites for hydroxylation is 2. The maximum absolute atomic E-state index is 12.1. The molecule has 2 saturated heterocycles. The number of nitrogens with zero attached hydrogens (tertiary/aromatic N) is 7. The molecule has 0 atom stereocenters. The maximum atomic E-state index is 12.1. The molecule has 0 bridgehead atoms. The molecule has 10 heteroatoms. The van der Waals surface area contributed by atoms with Crippen LogP contribution in [-0.4, -0.2) is 63.8 Å². The van der Waals surface area contributed by atoms with Gasteiger partial charge in [0.25, 0.3) is 0 Å². The number of ether oxygens (including phenoxy) is 2. The van der Waals surface area contributed by atoms with E-state index < -0.39 is 0 Å². The third-order valence-electron chi connectivity index (χ3n) is 8.11. The summed E-state index contributed by atoms with van der Waals surface area (Å²) in [6, 6.07) is 14.3. The van der Waals surface area contributed by atoms with Gasteiger partial charge in [0.05, 0.1) is 24.5 Å². The largest absolute Gasteiger partial charge is 0.497 e. The van der Waals surface area contributed by atoms with E-state index in [1.54, 1.807) is 7.11 Å². The summed E-state index contributed by atoms with van der Waals surface area (Å²) in [5.41, 5.74) is 4.47. The van der Waals surface area contributed by atoms with E-state index >= 15 is 0 Å². The number of nitriles is 1. The Morgan fingerprint density at radius 1 is 1.22 bits per heavy atom. The van der Waals surface area contributed by atoms with Crippen LogP contribution in [0.1, 0.15) is 23.1 Å². The quantitative estimate of drug-likeness (QED) is 0.318. The van der Waals surface area contributed by atoms with Gasteiger partial charge in [0.1, 0.15) is 24.0 Å². The van der Waals surface area contributed by atoms with Crippen molar-refractivity contribution in [3.63, 3.8) is 0 Å². The number of carbonyl (C=O) groups is 1. The fourth-order valence-electron chi connectivity index (χ4n) is 6.01. The lowest BCUT2D eigenvalue weighted by molar-refractivity contribution is -0.136. The number of benzene rings is 2. The van der Waals surface area contributed by atoms with Gasteiger partial charge in [-0.2, -0.15) is 20.3 Å². The normalized spacial score (nSPS) is 15.6. The number of aromatic nitrogens is 4. The molecule has 0 saturated carbocycles. The zero-order valence-electron chi connectivity index (χ0n) is 23.4. The SMILES string of the molecule is C=CC(=O)N1CC2(CCN(c3nc(OCc4cccc(OC)c4)nc(-c4c(C)ccc5cnn(C)c45)c3C#N)C2)C1. The lowest BCUT2D eigenvalue weighted by Gasteiger charge is -2.47. The van der Waals surface area contributed by atoms with Gasteiger partial charge < -0.3 is 19.3 Å². The van der Waals surface area contributed by atoms with Crippen molar-refractivity contribution in [2.45, 2.75) is 20.0 Å². The van der Waals surface area contributed by atoms with Crippen molar-refractivity contribution in [3.05, 3.63) is 71.9 Å². The predicted octanol–water partition coefficient (Wildman–Crippen LogP) is 4.02. The van der Waals surface area contributed by atoms with E-state index in [-0.39, 0.29) is 23.9 Å². The van der Waals surface area contributed by atoms with Gasteiger partial charge in [0, 0.05) is 49.6 Å². The van der Waals surface area contributed by atoms with Gasteiger partial charge in [-0.3, -0.25) is 9.48 Å². The fourth-order valence-corrected chi connectivity index (χ4v) is 6.01. The van der Waals surface area contributed by atoms with Gasteiger partial charge >= 0.3 is 6.01 Å². The highest BCUT2D eigenvalue weighted by atomic mass is 16.5. The van der Waals surface area contributed by atoms with Gasteiger partial charge in [-0.15, -0.1) is 0 Å². The molecule has 0 N–H and O–H groups in total. The Balaban J connectivity index is 1.42. The van der Waals surface area contributed by atoms with Gasteiger partial charge in [0.2, 0.25) is 5.91 Å². The van der Waals surface area contributed by atoms with Crippen LogP contribution >= 0.6 is 0 Å². The number of likely N-dealkylation sites (tertiary alicyclic amines) is 1. The number of hydrogen-bond donors (Lipinski definition) is 0. The summed E-state index contributed by atoms with van der Waals surface area (Å²) >= 11 is 0. The molecular weight excluding hydrogens is 518 g/mol. The third kappa shape index (κ3) is 4.63. The molecule has 4 aromatic rings. The number of hydrogen-bond acceptors (Lipinski definition) is 8. The molecule has 2 aliphatic rings. The molecule has 4 heterocycles. The second kappa shape index (κ2) is 10.2. The summed E-state index contributed by atoms with van der Waals surface area (Å²) in [4.78, 5) is 25.7. The number of methoxy groups -OCH3 is 1. The molecule has 208 valence electrons. The maximum Gasteiger partial charge on any atom is 0.319 e. The minimum atomic E-state index is -0.0518. The smallest absolute Gasteiger partial charge is 0.319 e. The summed E-state index contributed by atoms with van der Waals surface area (Å²) in [6.45, 7) is 8.58. The summed E-state index contributed by atoms with van der Waals surface area (Å²) in [5, 5.41) is 15.9. The predicted molar refractivity (Wildman–Crippen MR) is 155 cm³/mol. The minimum absolute atomic E-state index is 0.0317. The molecule has 0 radical (unpaired) electrons. The number of rotatable bonds is 7. The minimum Gasteiger partial charge on any atom is -0.497 e. The second-order valence-corrected chi connectivity index (χ2v) is 10.8. The first kappa shape index (κ1) is 26.3. The van der Waals surface area contributed by atoms with Crippen molar-refractivity contribution in [1.29, 1.82) is 5.26 Å². The van der Waals surface area contributed by atoms with Crippen LogP contribution in [0.3, 0.4) is 0 Å². The zero-order chi connectivity index (χ0) is 28.7. The van der Waals surface area contributed by atoms with E-state index in [1.807, 2.05) is 66.1 Å². The van der Waals surface area contributed by atoms with Gasteiger partial charge in [0.15, 0.2) is 5.82 Å². The van der Waals surface area contributed by atoms with E-state index in [4.69, 9.17) is 19.4 Å². The molecule has 41 heavy (non-hydrogen) atoms. The van der Waals surface area contributed by atoms with Crippen molar-refractivity contribution in [3.8, 4) is 29.1 Å². The number of carbonyl (C=O) groups excluding carboxylic acids is 1. The van der Waals surface area contributed by atoms with E-state index in [9.17, 15) is 10.1 Å². The van der Waals surface area contributed by atoms with Crippen LogP contribution < -0.4 is 14.4 Å². The molecule has 1 amide bonds. The van der Waals surface area contributed by atoms with E-state index in [2.05, 4.69) is 22.6 Å². The lowest BCUT2D eigenvalue weighted by atomic mass is 9.79. The number of amides is 1. The second-order valence-electron chi connectivity index (χ2n) is 10.8. The molecule has 2 aromatic heterocycles. The lowest BCUT2D eigenvalue weighted by Crippen LogP contribution is -2.59. The molecule has 2 aliphatic heterocycles. The van der Waals surface area contributed by atoms with Crippen molar-refractivity contribution in [1.82, 2.24) is 24.6 Å². The topological polar surface area (TPSA) is 109 Å². The van der Waals surface area contributed by atoms with Crippen LogP contribution in [0, 0.1) is 23.7 Å².